The number of H-pyrrole nitrogens is 1. The molecule has 0 aliphatic carbocycles. The molecule has 1 spiro atoms. The Labute approximate surface area is 198 Å². The molecule has 0 saturated carbocycles. The number of nitrogens with zero attached hydrogens (tertiary/aromatic N) is 1. The van der Waals surface area contributed by atoms with Gasteiger partial charge in [-0.2, -0.15) is 0 Å². The van der Waals surface area contributed by atoms with E-state index < -0.39 is 5.72 Å². The van der Waals surface area contributed by atoms with Gasteiger partial charge in [-0.25, -0.2) is 0 Å². The van der Waals surface area contributed by atoms with E-state index in [9.17, 15) is 9.59 Å². The number of methoxy groups -OCH3 is 1. The van der Waals surface area contributed by atoms with Crippen LogP contribution in [0.3, 0.4) is 0 Å². The molecule has 2 amide bonds. The van der Waals surface area contributed by atoms with E-state index in [1.54, 1.807) is 24.1 Å². The number of carbonyl (C=O) groups is 2. The van der Waals surface area contributed by atoms with E-state index in [-0.39, 0.29) is 17.9 Å². The standard InChI is InChI=1S/C26H29N3O5/c1-15(2)33-17-8-9-20-19(14-17)24(30)28-26(34-20)10-12-29(13-11-26)25(31)22-16(3)18-6-5-7-21(32-4)23(18)27-22/h5-9,14-15,27H,10-13H2,1-4H3,(H,28,30). The molecule has 5 rings (SSSR count). The number of benzene rings is 2. The number of para-hydroxylation sites is 1. The summed E-state index contributed by atoms with van der Waals surface area (Å²) in [7, 11) is 1.62. The molecular formula is C26H29N3O5. The minimum absolute atomic E-state index is 0.0146. The van der Waals surface area contributed by atoms with Crippen LogP contribution in [0.5, 0.6) is 17.2 Å². The van der Waals surface area contributed by atoms with Crippen LogP contribution in [0.15, 0.2) is 36.4 Å². The highest BCUT2D eigenvalue weighted by Crippen LogP contribution is 2.36. The van der Waals surface area contributed by atoms with Gasteiger partial charge in [-0.3, -0.25) is 9.59 Å². The Morgan fingerprint density at radius 3 is 2.65 bits per heavy atom. The molecule has 2 aromatic carbocycles. The van der Waals surface area contributed by atoms with Gasteiger partial charge < -0.3 is 29.4 Å². The van der Waals surface area contributed by atoms with E-state index in [4.69, 9.17) is 14.2 Å². The van der Waals surface area contributed by atoms with Crippen LogP contribution < -0.4 is 19.5 Å². The van der Waals surface area contributed by atoms with Crippen molar-refractivity contribution < 1.29 is 23.8 Å². The molecule has 1 aromatic heterocycles. The molecule has 178 valence electrons. The van der Waals surface area contributed by atoms with E-state index in [1.807, 2.05) is 45.0 Å². The van der Waals surface area contributed by atoms with Crippen LogP contribution in [0.4, 0.5) is 0 Å². The van der Waals surface area contributed by atoms with Crippen molar-refractivity contribution in [3.63, 3.8) is 0 Å². The first-order valence-corrected chi connectivity index (χ1v) is 11.6. The molecule has 3 heterocycles. The van der Waals surface area contributed by atoms with Gasteiger partial charge in [-0.15, -0.1) is 0 Å². The molecule has 2 aliphatic rings. The third-order valence-corrected chi connectivity index (χ3v) is 6.56. The van der Waals surface area contributed by atoms with E-state index >= 15 is 0 Å². The number of aromatic amines is 1. The lowest BCUT2D eigenvalue weighted by Gasteiger charge is -2.44. The number of nitrogens with one attached hydrogen (secondary N) is 2. The summed E-state index contributed by atoms with van der Waals surface area (Å²) in [6.07, 6.45) is 1.01. The summed E-state index contributed by atoms with van der Waals surface area (Å²) in [5.41, 5.74) is 1.92. The van der Waals surface area contributed by atoms with Crippen molar-refractivity contribution in [1.82, 2.24) is 15.2 Å². The number of ether oxygens (including phenoxy) is 3. The summed E-state index contributed by atoms with van der Waals surface area (Å²) in [4.78, 5) is 31.3. The molecule has 34 heavy (non-hydrogen) atoms. The predicted molar refractivity (Wildman–Crippen MR) is 128 cm³/mol. The van der Waals surface area contributed by atoms with Crippen LogP contribution in [0, 0.1) is 6.92 Å². The lowest BCUT2D eigenvalue weighted by molar-refractivity contribution is -0.0247. The van der Waals surface area contributed by atoms with Crippen molar-refractivity contribution >= 4 is 22.7 Å². The number of rotatable bonds is 4. The molecule has 8 nitrogen and oxygen atoms in total. The highest BCUT2D eigenvalue weighted by molar-refractivity contribution is 6.02. The molecule has 2 N–H and O–H groups in total. The van der Waals surface area contributed by atoms with E-state index in [0.717, 1.165) is 16.5 Å². The van der Waals surface area contributed by atoms with Crippen LogP contribution in [0.2, 0.25) is 0 Å². The van der Waals surface area contributed by atoms with Gasteiger partial charge in [0.1, 0.15) is 22.9 Å². The van der Waals surface area contributed by atoms with Crippen LogP contribution in [0.25, 0.3) is 10.9 Å². The first-order chi connectivity index (χ1) is 16.3. The lowest BCUT2D eigenvalue weighted by Crippen LogP contribution is -2.61. The normalized spacial score (nSPS) is 16.9. The summed E-state index contributed by atoms with van der Waals surface area (Å²) in [6.45, 7) is 6.75. The Morgan fingerprint density at radius 1 is 1.18 bits per heavy atom. The molecule has 0 unspecified atom stereocenters. The largest absolute Gasteiger partial charge is 0.495 e. The van der Waals surface area contributed by atoms with Crippen molar-refractivity contribution in [1.29, 1.82) is 0 Å². The average molecular weight is 464 g/mol. The molecule has 0 radical (unpaired) electrons. The SMILES string of the molecule is COc1cccc2c(C)c(C(=O)N3CCC4(CC3)NC(=O)c3cc(OC(C)C)ccc3O4)[nH]c12. The average Bonchev–Trinajstić information content (AvgIpc) is 3.16. The van der Waals surface area contributed by atoms with Crippen LogP contribution >= 0.6 is 0 Å². The van der Waals surface area contributed by atoms with Gasteiger partial charge in [0.2, 0.25) is 0 Å². The highest BCUT2D eigenvalue weighted by atomic mass is 16.5. The third-order valence-electron chi connectivity index (χ3n) is 6.56. The van der Waals surface area contributed by atoms with Gasteiger partial charge >= 0.3 is 0 Å². The second-order valence-corrected chi connectivity index (χ2v) is 9.18. The molecule has 3 aromatic rings. The minimum Gasteiger partial charge on any atom is -0.495 e. The maximum atomic E-state index is 13.4. The van der Waals surface area contributed by atoms with Gasteiger partial charge in [0.15, 0.2) is 5.72 Å². The summed E-state index contributed by atoms with van der Waals surface area (Å²) in [6, 6.07) is 11.1. The Balaban J connectivity index is 1.32. The monoisotopic (exact) mass is 463 g/mol. The lowest BCUT2D eigenvalue weighted by atomic mass is 9.96. The fourth-order valence-electron chi connectivity index (χ4n) is 4.80. The molecule has 0 bridgehead atoms. The summed E-state index contributed by atoms with van der Waals surface area (Å²) >= 11 is 0. The Morgan fingerprint density at radius 2 is 1.94 bits per heavy atom. The van der Waals surface area contributed by atoms with Gasteiger partial charge in [-0.1, -0.05) is 12.1 Å². The van der Waals surface area contributed by atoms with E-state index in [2.05, 4.69) is 10.3 Å². The molecular weight excluding hydrogens is 434 g/mol. The number of carbonyl (C=O) groups excluding carboxylic acids is 2. The number of hydrogen-bond donors (Lipinski definition) is 2. The summed E-state index contributed by atoms with van der Waals surface area (Å²) < 4.78 is 17.4. The number of aromatic nitrogens is 1. The van der Waals surface area contributed by atoms with Crippen molar-refractivity contribution in [3.8, 4) is 17.2 Å². The summed E-state index contributed by atoms with van der Waals surface area (Å²) in [5, 5.41) is 4.01. The minimum atomic E-state index is -0.819. The fraction of sp³-hybridized carbons (Fsp3) is 0.385. The number of piperidine rings is 1. The van der Waals surface area contributed by atoms with Crippen molar-refractivity contribution in [2.24, 2.45) is 0 Å². The fourth-order valence-corrected chi connectivity index (χ4v) is 4.80. The smallest absolute Gasteiger partial charge is 0.270 e. The third kappa shape index (κ3) is 3.73. The molecule has 0 atom stereocenters. The van der Waals surface area contributed by atoms with Crippen LogP contribution in [0.1, 0.15) is 53.1 Å². The van der Waals surface area contributed by atoms with Gasteiger partial charge in [0, 0.05) is 31.3 Å². The van der Waals surface area contributed by atoms with Crippen molar-refractivity contribution in [2.75, 3.05) is 20.2 Å². The molecule has 8 heteroatoms. The first-order valence-electron chi connectivity index (χ1n) is 11.6. The molecule has 1 fully saturated rings. The zero-order valence-corrected chi connectivity index (χ0v) is 19.9. The molecule has 2 aliphatic heterocycles. The maximum Gasteiger partial charge on any atom is 0.270 e. The van der Waals surface area contributed by atoms with Gasteiger partial charge in [0.05, 0.1) is 24.3 Å². The molecule has 1 saturated heterocycles. The van der Waals surface area contributed by atoms with Crippen LogP contribution in [-0.4, -0.2) is 53.7 Å². The van der Waals surface area contributed by atoms with Crippen molar-refractivity contribution in [3.05, 3.63) is 53.2 Å². The number of amides is 2. The second-order valence-electron chi connectivity index (χ2n) is 9.18. The zero-order valence-electron chi connectivity index (χ0n) is 19.9. The van der Waals surface area contributed by atoms with Crippen molar-refractivity contribution in [2.45, 2.75) is 45.4 Å². The Bertz CT molecular complexity index is 1270. The number of hydrogen-bond acceptors (Lipinski definition) is 5. The second kappa shape index (κ2) is 8.27. The first kappa shape index (κ1) is 22.1. The van der Waals surface area contributed by atoms with E-state index in [1.165, 1.54) is 0 Å². The van der Waals surface area contributed by atoms with Gasteiger partial charge in [0.25, 0.3) is 11.8 Å². The maximum absolute atomic E-state index is 13.4. The zero-order chi connectivity index (χ0) is 24.0. The Kier molecular flexibility index (Phi) is 5.38. The number of likely N-dealkylation sites (tertiary alicyclic amines) is 1. The topological polar surface area (TPSA) is 92.9 Å². The van der Waals surface area contributed by atoms with Gasteiger partial charge in [-0.05, 0) is 50.6 Å². The predicted octanol–water partition coefficient (Wildman–Crippen LogP) is 4.03. The number of fused-ring (bicyclic) bond motifs is 2. The van der Waals surface area contributed by atoms with Crippen LogP contribution in [-0.2, 0) is 0 Å². The quantitative estimate of drug-likeness (QED) is 0.610. The Hall–Kier alpha value is -3.68. The van der Waals surface area contributed by atoms with E-state index in [0.29, 0.717) is 54.4 Å². The highest BCUT2D eigenvalue weighted by Gasteiger charge is 2.43. The number of aryl methyl sites for hydroxylation is 1. The summed E-state index contributed by atoms with van der Waals surface area (Å²) in [5.74, 6) is 1.63.